The maximum absolute atomic E-state index is 14.4. The van der Waals surface area contributed by atoms with Gasteiger partial charge >= 0.3 is 0 Å². The molecule has 0 saturated carbocycles. The van der Waals surface area contributed by atoms with Crippen molar-refractivity contribution in [2.75, 3.05) is 65.6 Å². The lowest BCUT2D eigenvalue weighted by molar-refractivity contribution is -0.169. The number of ether oxygens (including phenoxy) is 1. The fourth-order valence-corrected chi connectivity index (χ4v) is 8.33. The normalized spacial score (nSPS) is 24.0. The molecule has 0 bridgehead atoms. The molecule has 5 aromatic rings. The Morgan fingerprint density at radius 1 is 0.787 bits per heavy atom. The predicted octanol–water partition coefficient (Wildman–Crippen LogP) is 1.37. The average Bonchev–Trinajstić information content (AvgIpc) is 3.70. The van der Waals surface area contributed by atoms with Crippen LogP contribution in [0.5, 0.6) is 0 Å². The molecule has 242 valence electrons. The number of morpholine rings is 1. The zero-order chi connectivity index (χ0) is 32.0. The molecule has 2 aromatic heterocycles. The average molecular weight is 637 g/mol. The summed E-state index contributed by atoms with van der Waals surface area (Å²) in [7, 11) is 0. The minimum atomic E-state index is -2.16. The van der Waals surface area contributed by atoms with Crippen LogP contribution in [0.1, 0.15) is 20.7 Å². The van der Waals surface area contributed by atoms with Crippen LogP contribution >= 0.6 is 0 Å². The van der Waals surface area contributed by atoms with Crippen molar-refractivity contribution >= 4 is 61.3 Å². The molecule has 0 spiro atoms. The molecular formula is C35H36N6O6. The summed E-state index contributed by atoms with van der Waals surface area (Å²) in [5.41, 5.74) is 1.27. The van der Waals surface area contributed by atoms with E-state index in [9.17, 15) is 24.6 Å². The van der Waals surface area contributed by atoms with E-state index in [2.05, 4.69) is 15.1 Å². The first-order valence-electron chi connectivity index (χ1n) is 16.4. The van der Waals surface area contributed by atoms with Crippen LogP contribution in [0.3, 0.4) is 0 Å². The lowest BCUT2D eigenvalue weighted by Gasteiger charge is -2.42. The summed E-state index contributed by atoms with van der Waals surface area (Å²) in [4.78, 5) is 47.7. The third-order valence-electron chi connectivity index (χ3n) is 10.8. The first kappa shape index (κ1) is 28.9. The summed E-state index contributed by atoms with van der Waals surface area (Å²) >= 11 is 0. The summed E-state index contributed by atoms with van der Waals surface area (Å²) < 4.78 is 9.24. The van der Waals surface area contributed by atoms with Crippen LogP contribution < -0.4 is 5.32 Å². The van der Waals surface area contributed by atoms with Crippen molar-refractivity contribution in [3.8, 4) is 0 Å². The van der Waals surface area contributed by atoms with Gasteiger partial charge in [-0.05, 0) is 12.1 Å². The van der Waals surface area contributed by atoms with Crippen LogP contribution in [-0.4, -0.2) is 129 Å². The summed E-state index contributed by atoms with van der Waals surface area (Å²) in [6.45, 7) is 7.20. The standard InChI is InChI=1S/C35H36N6O6/c42-25-19-40-23-7-3-1-5-21(23)26-28-29(33(44)36-32(28)43)27-22-6-2-4-8-24(22)41(31(27)30(26)40)20-35(25,46)34(45)39-13-11-37(12-14-39)9-10-38-15-17-47-18-16-38/h1-8,25,42,46H,9-20H2,(H,36,43,44). The Kier molecular flexibility index (Phi) is 6.50. The number of carbonyl (C=O) groups excluding carboxylic acids is 3. The first-order chi connectivity index (χ1) is 22.8. The number of nitrogens with one attached hydrogen (secondary N) is 1. The number of hydrogen-bond donors (Lipinski definition) is 3. The molecule has 0 aliphatic carbocycles. The van der Waals surface area contributed by atoms with E-state index in [1.165, 1.54) is 0 Å². The first-order valence-corrected chi connectivity index (χ1v) is 16.4. The van der Waals surface area contributed by atoms with Gasteiger partial charge < -0.3 is 29.0 Å². The zero-order valence-corrected chi connectivity index (χ0v) is 25.9. The van der Waals surface area contributed by atoms with Crippen LogP contribution in [0.4, 0.5) is 0 Å². The zero-order valence-electron chi connectivity index (χ0n) is 25.9. The highest BCUT2D eigenvalue weighted by molar-refractivity contribution is 6.39. The minimum Gasteiger partial charge on any atom is -0.388 e. The van der Waals surface area contributed by atoms with E-state index in [1.54, 1.807) is 4.90 Å². The van der Waals surface area contributed by atoms with Crippen molar-refractivity contribution in [3.63, 3.8) is 0 Å². The van der Waals surface area contributed by atoms with Gasteiger partial charge in [0.2, 0.25) is 0 Å². The number of imide groups is 1. The molecule has 6 heterocycles. The molecular weight excluding hydrogens is 600 g/mol. The van der Waals surface area contributed by atoms with Crippen LogP contribution in [0.15, 0.2) is 48.5 Å². The van der Waals surface area contributed by atoms with Gasteiger partial charge in [0.05, 0.1) is 48.5 Å². The second kappa shape index (κ2) is 10.6. The quantitative estimate of drug-likeness (QED) is 0.252. The number of carbonyl (C=O) groups is 3. The number of nitrogens with zero attached hydrogens (tertiary/aromatic N) is 5. The maximum atomic E-state index is 14.4. The highest BCUT2D eigenvalue weighted by Gasteiger charge is 2.49. The summed E-state index contributed by atoms with van der Waals surface area (Å²) in [5, 5.41) is 29.7. The number of amides is 3. The maximum Gasteiger partial charge on any atom is 0.259 e. The molecule has 12 nitrogen and oxygen atoms in total. The molecule has 0 radical (unpaired) electrons. The van der Waals surface area contributed by atoms with E-state index >= 15 is 0 Å². The van der Waals surface area contributed by atoms with E-state index in [-0.39, 0.29) is 13.1 Å². The molecule has 4 aliphatic rings. The van der Waals surface area contributed by atoms with Gasteiger partial charge in [-0.25, -0.2) is 0 Å². The Labute approximate surface area is 269 Å². The van der Waals surface area contributed by atoms with Crippen molar-refractivity contribution < 1.29 is 29.3 Å². The molecule has 47 heavy (non-hydrogen) atoms. The third-order valence-corrected chi connectivity index (χ3v) is 10.8. The molecule has 2 fully saturated rings. The summed E-state index contributed by atoms with van der Waals surface area (Å²) in [6.07, 6.45) is -1.46. The highest BCUT2D eigenvalue weighted by atomic mass is 16.5. The molecule has 2 unspecified atom stereocenters. The second-order valence-electron chi connectivity index (χ2n) is 13.2. The summed E-state index contributed by atoms with van der Waals surface area (Å²) in [6, 6.07) is 15.1. The van der Waals surface area contributed by atoms with Crippen LogP contribution in [0.2, 0.25) is 0 Å². The van der Waals surface area contributed by atoms with Gasteiger partial charge in [-0.2, -0.15) is 0 Å². The van der Waals surface area contributed by atoms with Crippen molar-refractivity contribution in [3.05, 3.63) is 59.7 Å². The molecule has 12 heteroatoms. The molecule has 4 aliphatic heterocycles. The third kappa shape index (κ3) is 4.15. The fraction of sp³-hybridized carbons (Fsp3) is 0.400. The van der Waals surface area contributed by atoms with Crippen LogP contribution in [-0.2, 0) is 22.6 Å². The SMILES string of the molecule is O=C1NC(=O)c2c1c1c3ccccc3n3c1c1c2c2ccccc2n1CC(O)(C(=O)N1CCN(CCN2CCOCC2)CC1)C(O)C3. The smallest absolute Gasteiger partial charge is 0.259 e. The lowest BCUT2D eigenvalue weighted by atomic mass is 9.92. The van der Waals surface area contributed by atoms with Gasteiger partial charge in [-0.1, -0.05) is 36.4 Å². The number of fused-ring (bicyclic) bond motifs is 9. The monoisotopic (exact) mass is 636 g/mol. The van der Waals surface area contributed by atoms with Gasteiger partial charge in [-0.15, -0.1) is 0 Å². The van der Waals surface area contributed by atoms with Crippen LogP contribution in [0.25, 0.3) is 43.6 Å². The summed E-state index contributed by atoms with van der Waals surface area (Å²) in [5.74, 6) is -1.43. The Bertz CT molecular complexity index is 2140. The molecule has 3 amide bonds. The molecule has 2 saturated heterocycles. The molecule has 9 rings (SSSR count). The van der Waals surface area contributed by atoms with E-state index in [1.807, 2.05) is 57.7 Å². The van der Waals surface area contributed by atoms with Crippen molar-refractivity contribution in [1.82, 2.24) is 29.2 Å². The van der Waals surface area contributed by atoms with Gasteiger partial charge in [0, 0.05) is 84.9 Å². The van der Waals surface area contributed by atoms with Gasteiger partial charge in [0.1, 0.15) is 6.10 Å². The highest BCUT2D eigenvalue weighted by Crippen LogP contribution is 2.46. The van der Waals surface area contributed by atoms with E-state index in [0.29, 0.717) is 64.6 Å². The second-order valence-corrected chi connectivity index (χ2v) is 13.2. The topological polar surface area (TPSA) is 133 Å². The number of benzene rings is 3. The number of aromatic nitrogens is 2. The number of hydrogen-bond acceptors (Lipinski definition) is 8. The number of aliphatic hydroxyl groups is 2. The number of aliphatic hydroxyl groups excluding tert-OH is 1. The fourth-order valence-electron chi connectivity index (χ4n) is 8.33. The Balaban J connectivity index is 1.16. The number of para-hydroxylation sites is 2. The van der Waals surface area contributed by atoms with Gasteiger partial charge in [0.25, 0.3) is 17.7 Å². The predicted molar refractivity (Wildman–Crippen MR) is 175 cm³/mol. The van der Waals surface area contributed by atoms with E-state index in [4.69, 9.17) is 4.74 Å². The van der Waals surface area contributed by atoms with E-state index < -0.39 is 29.4 Å². The molecule has 2 atom stereocenters. The van der Waals surface area contributed by atoms with Crippen molar-refractivity contribution in [2.45, 2.75) is 24.8 Å². The largest absolute Gasteiger partial charge is 0.388 e. The van der Waals surface area contributed by atoms with Gasteiger partial charge in [0.15, 0.2) is 5.60 Å². The van der Waals surface area contributed by atoms with Crippen molar-refractivity contribution in [1.29, 1.82) is 0 Å². The Morgan fingerprint density at radius 3 is 1.94 bits per heavy atom. The lowest BCUT2D eigenvalue weighted by Crippen LogP contribution is -2.62. The molecule has 3 aromatic carbocycles. The molecule has 3 N–H and O–H groups in total. The van der Waals surface area contributed by atoms with Crippen LogP contribution in [0, 0.1) is 0 Å². The Hall–Kier alpha value is -4.33. The Morgan fingerprint density at radius 2 is 1.32 bits per heavy atom. The van der Waals surface area contributed by atoms with Crippen molar-refractivity contribution in [2.24, 2.45) is 0 Å². The number of rotatable bonds is 4. The van der Waals surface area contributed by atoms with E-state index in [0.717, 1.165) is 55.7 Å². The minimum absolute atomic E-state index is 0.0727. The van der Waals surface area contributed by atoms with Gasteiger partial charge in [-0.3, -0.25) is 29.5 Å². The number of piperazine rings is 1.